The molecule has 0 saturated carbocycles. The Labute approximate surface area is 211 Å². The van der Waals surface area contributed by atoms with Crippen LogP contribution in [0.3, 0.4) is 0 Å². The Morgan fingerprint density at radius 3 is 1.69 bits per heavy atom. The third-order valence-electron chi connectivity index (χ3n) is 5.88. The number of ether oxygens (including phenoxy) is 5. The molecule has 1 aliphatic rings. The third-order valence-corrected chi connectivity index (χ3v) is 5.88. The van der Waals surface area contributed by atoms with E-state index in [1.54, 1.807) is 0 Å². The Morgan fingerprint density at radius 2 is 1.19 bits per heavy atom. The van der Waals surface area contributed by atoms with E-state index in [-0.39, 0.29) is 19.8 Å². The Balaban J connectivity index is 1.53. The molecule has 1 N–H and O–H groups in total. The number of hydrogen-bond donors (Lipinski definition) is 1. The van der Waals surface area contributed by atoms with Crippen LogP contribution in [-0.4, -0.2) is 48.4 Å². The van der Waals surface area contributed by atoms with E-state index in [2.05, 4.69) is 0 Å². The maximum Gasteiger partial charge on any atom is 0.303 e. The number of rotatable bonds is 11. The van der Waals surface area contributed by atoms with Crippen molar-refractivity contribution in [1.82, 2.24) is 0 Å². The number of carbonyl (C=O) groups is 1. The van der Waals surface area contributed by atoms with Gasteiger partial charge in [0.05, 0.1) is 26.4 Å². The molecule has 0 aliphatic carbocycles. The summed E-state index contributed by atoms with van der Waals surface area (Å²) in [5, 5.41) is 10.8. The first-order valence-corrected chi connectivity index (χ1v) is 12.0. The highest BCUT2D eigenvalue weighted by molar-refractivity contribution is 5.66. The SMILES string of the molecule is CC(=O)O[C@H]1[C@@H](OCc2ccccc2)[C@H](OCc2ccccc2)[C@H](COCc2ccccc2)O[C@@H]1O. The van der Waals surface area contributed by atoms with Gasteiger partial charge in [-0.3, -0.25) is 4.79 Å². The van der Waals surface area contributed by atoms with E-state index >= 15 is 0 Å². The Bertz CT molecular complexity index is 1040. The van der Waals surface area contributed by atoms with Crippen LogP contribution in [-0.2, 0) is 48.3 Å². The molecule has 0 bridgehead atoms. The van der Waals surface area contributed by atoms with Crippen LogP contribution in [0.4, 0.5) is 0 Å². The summed E-state index contributed by atoms with van der Waals surface area (Å²) in [6.07, 6.45) is -4.56. The fraction of sp³-hybridized carbons (Fsp3) is 0.345. The zero-order chi connectivity index (χ0) is 25.2. The lowest BCUT2D eigenvalue weighted by atomic mass is 9.98. The van der Waals surface area contributed by atoms with Gasteiger partial charge in [0.1, 0.15) is 18.3 Å². The first-order valence-electron chi connectivity index (χ1n) is 12.0. The smallest absolute Gasteiger partial charge is 0.303 e. The van der Waals surface area contributed by atoms with Crippen LogP contribution in [0.5, 0.6) is 0 Å². The van der Waals surface area contributed by atoms with Crippen molar-refractivity contribution in [2.45, 2.75) is 57.5 Å². The van der Waals surface area contributed by atoms with Crippen molar-refractivity contribution in [3.05, 3.63) is 108 Å². The summed E-state index contributed by atoms with van der Waals surface area (Å²) in [5.74, 6) is -0.545. The van der Waals surface area contributed by atoms with Crippen LogP contribution in [0.1, 0.15) is 23.6 Å². The Hall–Kier alpha value is -3.07. The number of benzene rings is 3. The van der Waals surface area contributed by atoms with Gasteiger partial charge in [0.2, 0.25) is 0 Å². The van der Waals surface area contributed by atoms with Crippen molar-refractivity contribution in [2.24, 2.45) is 0 Å². The highest BCUT2D eigenvalue weighted by Gasteiger charge is 2.49. The van der Waals surface area contributed by atoms with Crippen molar-refractivity contribution in [3.63, 3.8) is 0 Å². The van der Waals surface area contributed by atoms with Gasteiger partial charge in [0.15, 0.2) is 12.4 Å². The van der Waals surface area contributed by atoms with Gasteiger partial charge < -0.3 is 28.8 Å². The lowest BCUT2D eigenvalue weighted by molar-refractivity contribution is -0.309. The van der Waals surface area contributed by atoms with Crippen LogP contribution < -0.4 is 0 Å². The molecule has 1 aliphatic heterocycles. The van der Waals surface area contributed by atoms with Gasteiger partial charge in [-0.05, 0) is 16.7 Å². The zero-order valence-electron chi connectivity index (χ0n) is 20.3. The van der Waals surface area contributed by atoms with Crippen LogP contribution in [0.15, 0.2) is 91.0 Å². The third kappa shape index (κ3) is 7.46. The van der Waals surface area contributed by atoms with E-state index in [0.717, 1.165) is 16.7 Å². The predicted octanol–water partition coefficient (Wildman–Crippen LogP) is 4.02. The summed E-state index contributed by atoms with van der Waals surface area (Å²) >= 11 is 0. The van der Waals surface area contributed by atoms with Crippen molar-refractivity contribution in [2.75, 3.05) is 6.61 Å². The molecular formula is C29H32O7. The van der Waals surface area contributed by atoms with Gasteiger partial charge in [-0.2, -0.15) is 0 Å². The van der Waals surface area contributed by atoms with Gasteiger partial charge in [-0.15, -0.1) is 0 Å². The molecule has 1 heterocycles. The largest absolute Gasteiger partial charge is 0.454 e. The second-order valence-electron chi connectivity index (χ2n) is 8.66. The second kappa shape index (κ2) is 13.3. The second-order valence-corrected chi connectivity index (χ2v) is 8.66. The molecule has 7 nitrogen and oxygen atoms in total. The van der Waals surface area contributed by atoms with Gasteiger partial charge in [-0.1, -0.05) is 91.0 Å². The summed E-state index contributed by atoms with van der Waals surface area (Å²) in [4.78, 5) is 11.9. The fourth-order valence-corrected chi connectivity index (χ4v) is 4.14. The average molecular weight is 493 g/mol. The fourth-order valence-electron chi connectivity index (χ4n) is 4.14. The monoisotopic (exact) mass is 492 g/mol. The molecule has 1 saturated heterocycles. The average Bonchev–Trinajstić information content (AvgIpc) is 2.90. The Kier molecular flexibility index (Phi) is 9.61. The summed E-state index contributed by atoms with van der Waals surface area (Å²) in [6, 6.07) is 29.2. The number of aliphatic hydroxyl groups excluding tert-OH is 1. The summed E-state index contributed by atoms with van der Waals surface area (Å²) in [7, 11) is 0. The highest BCUT2D eigenvalue weighted by Crippen LogP contribution is 2.29. The van der Waals surface area contributed by atoms with Crippen molar-refractivity contribution in [1.29, 1.82) is 0 Å². The topological polar surface area (TPSA) is 83.5 Å². The normalized spacial score (nSPS) is 23.8. The maximum atomic E-state index is 11.9. The maximum absolute atomic E-state index is 11.9. The molecule has 190 valence electrons. The molecule has 0 unspecified atom stereocenters. The summed E-state index contributed by atoms with van der Waals surface area (Å²) < 4.78 is 29.8. The van der Waals surface area contributed by atoms with Crippen LogP contribution in [0.2, 0.25) is 0 Å². The number of aliphatic hydroxyl groups is 1. The number of esters is 1. The van der Waals surface area contributed by atoms with Crippen molar-refractivity contribution < 1.29 is 33.6 Å². The molecule has 0 amide bonds. The van der Waals surface area contributed by atoms with Crippen molar-refractivity contribution in [3.8, 4) is 0 Å². The van der Waals surface area contributed by atoms with Crippen LogP contribution in [0.25, 0.3) is 0 Å². The van der Waals surface area contributed by atoms with Crippen LogP contribution >= 0.6 is 0 Å². The molecule has 0 spiro atoms. The minimum Gasteiger partial charge on any atom is -0.454 e. The molecule has 1 fully saturated rings. The van der Waals surface area contributed by atoms with E-state index < -0.39 is 36.7 Å². The summed E-state index contributed by atoms with van der Waals surface area (Å²) in [6.45, 7) is 2.36. The Morgan fingerprint density at radius 1 is 0.722 bits per heavy atom. The van der Waals surface area contributed by atoms with Gasteiger partial charge in [-0.25, -0.2) is 0 Å². The van der Waals surface area contributed by atoms with Gasteiger partial charge in [0.25, 0.3) is 0 Å². The van der Waals surface area contributed by atoms with E-state index in [1.165, 1.54) is 6.92 Å². The highest BCUT2D eigenvalue weighted by atomic mass is 16.7. The van der Waals surface area contributed by atoms with E-state index in [9.17, 15) is 9.90 Å². The molecule has 3 aromatic carbocycles. The summed E-state index contributed by atoms with van der Waals surface area (Å²) in [5.41, 5.74) is 2.93. The quantitative estimate of drug-likeness (QED) is 0.405. The van der Waals surface area contributed by atoms with Gasteiger partial charge >= 0.3 is 5.97 Å². The lowest BCUT2D eigenvalue weighted by Crippen LogP contribution is -2.61. The van der Waals surface area contributed by atoms with Gasteiger partial charge in [0, 0.05) is 6.92 Å². The molecule has 5 atom stereocenters. The molecular weight excluding hydrogens is 460 g/mol. The van der Waals surface area contributed by atoms with E-state index in [1.807, 2.05) is 91.0 Å². The molecule has 0 radical (unpaired) electrons. The number of hydrogen-bond acceptors (Lipinski definition) is 7. The van der Waals surface area contributed by atoms with E-state index in [4.69, 9.17) is 23.7 Å². The first kappa shape index (κ1) is 26.0. The predicted molar refractivity (Wildman–Crippen MR) is 133 cm³/mol. The van der Waals surface area contributed by atoms with E-state index in [0.29, 0.717) is 6.61 Å². The molecule has 36 heavy (non-hydrogen) atoms. The minimum absolute atomic E-state index is 0.156. The minimum atomic E-state index is -1.39. The standard InChI is InChI=1S/C29H32O7/c1-21(30)35-28-27(34-19-24-15-9-4-10-16-24)26(33-18-23-13-7-3-8-14-23)25(36-29(28)31)20-32-17-22-11-5-2-6-12-22/h2-16,25-29,31H,17-20H2,1H3/t25-,26+,27-,28-,29-/m0/s1. The van der Waals surface area contributed by atoms with Crippen molar-refractivity contribution >= 4 is 5.97 Å². The van der Waals surface area contributed by atoms with Crippen LogP contribution in [0, 0.1) is 0 Å². The molecule has 3 aromatic rings. The molecule has 4 rings (SSSR count). The first-order chi connectivity index (χ1) is 17.6. The molecule has 7 heteroatoms. The zero-order valence-corrected chi connectivity index (χ0v) is 20.3. The number of carbonyl (C=O) groups excluding carboxylic acids is 1. The lowest BCUT2D eigenvalue weighted by Gasteiger charge is -2.44. The molecule has 0 aromatic heterocycles.